The van der Waals surface area contributed by atoms with Gasteiger partial charge >= 0.3 is 0 Å². The number of aryl methyl sites for hydroxylation is 2. The summed E-state index contributed by atoms with van der Waals surface area (Å²) in [5.41, 5.74) is 2.86. The van der Waals surface area contributed by atoms with E-state index < -0.39 is 0 Å². The molecule has 3 nitrogen and oxygen atoms in total. The number of hydrogen-bond acceptors (Lipinski definition) is 3. The first-order valence-electron chi connectivity index (χ1n) is 3.93. The van der Waals surface area contributed by atoms with E-state index in [1.54, 1.807) is 13.0 Å². The van der Waals surface area contributed by atoms with Gasteiger partial charge in [-0.3, -0.25) is 4.98 Å². The molecule has 0 bridgehead atoms. The van der Waals surface area contributed by atoms with Crippen molar-refractivity contribution in [1.29, 1.82) is 10.5 Å². The van der Waals surface area contributed by atoms with Crippen LogP contribution in [0.3, 0.4) is 0 Å². The summed E-state index contributed by atoms with van der Waals surface area (Å²) in [7, 11) is 0. The Labute approximate surface area is 77.3 Å². The molecule has 13 heavy (non-hydrogen) atoms. The molecule has 0 saturated heterocycles. The van der Waals surface area contributed by atoms with Gasteiger partial charge in [-0.15, -0.1) is 0 Å². The summed E-state index contributed by atoms with van der Waals surface area (Å²) in [6.45, 7) is 3.64. The molecule has 0 aliphatic carbocycles. The molecule has 0 aliphatic heterocycles. The highest BCUT2D eigenvalue weighted by molar-refractivity contribution is 5.42. The van der Waals surface area contributed by atoms with Crippen molar-refractivity contribution in [3.8, 4) is 12.1 Å². The standard InChI is InChI=1S/C10H9N3/c1-7-5-9(3-4-11)10(6-12)8(2)13-7/h5H,3H2,1-2H3. The third-order valence-corrected chi connectivity index (χ3v) is 1.79. The Morgan fingerprint density at radius 1 is 1.38 bits per heavy atom. The fraction of sp³-hybridized carbons (Fsp3) is 0.300. The van der Waals surface area contributed by atoms with Crippen molar-refractivity contribution in [2.45, 2.75) is 20.3 Å². The lowest BCUT2D eigenvalue weighted by Gasteiger charge is -2.03. The van der Waals surface area contributed by atoms with Gasteiger partial charge in [-0.25, -0.2) is 0 Å². The maximum atomic E-state index is 8.82. The summed E-state index contributed by atoms with van der Waals surface area (Å²) in [5, 5.41) is 17.4. The quantitative estimate of drug-likeness (QED) is 0.645. The number of nitrogens with zero attached hydrogens (tertiary/aromatic N) is 3. The fourth-order valence-corrected chi connectivity index (χ4v) is 1.29. The van der Waals surface area contributed by atoms with Crippen molar-refractivity contribution in [2.24, 2.45) is 0 Å². The lowest BCUT2D eigenvalue weighted by atomic mass is 10.0. The molecule has 0 aromatic carbocycles. The number of aromatic nitrogens is 1. The lowest BCUT2D eigenvalue weighted by molar-refractivity contribution is 1.07. The first-order chi connectivity index (χ1) is 6.19. The van der Waals surface area contributed by atoms with Gasteiger partial charge < -0.3 is 0 Å². The fourth-order valence-electron chi connectivity index (χ4n) is 1.29. The van der Waals surface area contributed by atoms with Crippen LogP contribution in [-0.2, 0) is 6.42 Å². The molecule has 0 unspecified atom stereocenters. The number of nitriles is 2. The van der Waals surface area contributed by atoms with Crippen LogP contribution in [0.4, 0.5) is 0 Å². The molecule has 3 heteroatoms. The Morgan fingerprint density at radius 2 is 2.08 bits per heavy atom. The average Bonchev–Trinajstić information content (AvgIpc) is 2.04. The zero-order valence-electron chi connectivity index (χ0n) is 7.63. The monoisotopic (exact) mass is 171 g/mol. The van der Waals surface area contributed by atoms with Gasteiger partial charge in [-0.05, 0) is 25.5 Å². The van der Waals surface area contributed by atoms with Crippen LogP contribution in [0.15, 0.2) is 6.07 Å². The van der Waals surface area contributed by atoms with E-state index in [0.717, 1.165) is 11.3 Å². The summed E-state index contributed by atoms with van der Waals surface area (Å²) >= 11 is 0. The van der Waals surface area contributed by atoms with E-state index in [4.69, 9.17) is 10.5 Å². The molecule has 0 spiro atoms. The van der Waals surface area contributed by atoms with Crippen LogP contribution in [-0.4, -0.2) is 4.98 Å². The van der Waals surface area contributed by atoms with E-state index in [1.807, 2.05) is 13.0 Å². The van der Waals surface area contributed by atoms with E-state index in [0.29, 0.717) is 11.3 Å². The Kier molecular flexibility index (Phi) is 2.62. The van der Waals surface area contributed by atoms with Crippen molar-refractivity contribution in [1.82, 2.24) is 4.98 Å². The Hall–Kier alpha value is -1.87. The van der Waals surface area contributed by atoms with Gasteiger partial charge in [0.25, 0.3) is 0 Å². The zero-order valence-corrected chi connectivity index (χ0v) is 7.63. The predicted molar refractivity (Wildman–Crippen MR) is 47.7 cm³/mol. The van der Waals surface area contributed by atoms with Crippen LogP contribution in [0.25, 0.3) is 0 Å². The van der Waals surface area contributed by atoms with Gasteiger partial charge in [0.2, 0.25) is 0 Å². The van der Waals surface area contributed by atoms with Crippen LogP contribution in [0.5, 0.6) is 0 Å². The maximum absolute atomic E-state index is 8.82. The Morgan fingerprint density at radius 3 is 2.62 bits per heavy atom. The summed E-state index contributed by atoms with van der Waals surface area (Å²) in [4.78, 5) is 4.16. The Bertz CT molecular complexity index is 407. The largest absolute Gasteiger partial charge is 0.257 e. The summed E-state index contributed by atoms with van der Waals surface area (Å²) < 4.78 is 0. The maximum Gasteiger partial charge on any atom is 0.101 e. The molecular formula is C10H9N3. The average molecular weight is 171 g/mol. The van der Waals surface area contributed by atoms with Crippen molar-refractivity contribution in [2.75, 3.05) is 0 Å². The van der Waals surface area contributed by atoms with Crippen molar-refractivity contribution >= 4 is 0 Å². The third-order valence-electron chi connectivity index (χ3n) is 1.79. The highest BCUT2D eigenvalue weighted by Crippen LogP contribution is 2.13. The molecule has 0 radical (unpaired) electrons. The molecule has 0 aliphatic rings. The third kappa shape index (κ3) is 1.83. The zero-order chi connectivity index (χ0) is 9.84. The van der Waals surface area contributed by atoms with E-state index in [9.17, 15) is 0 Å². The normalized spacial score (nSPS) is 8.92. The predicted octanol–water partition coefficient (Wildman–Crippen LogP) is 1.64. The molecule has 0 saturated carbocycles. The minimum absolute atomic E-state index is 0.271. The van der Waals surface area contributed by atoms with Gasteiger partial charge in [0, 0.05) is 5.69 Å². The summed E-state index contributed by atoms with van der Waals surface area (Å²) in [6, 6.07) is 5.88. The second-order valence-corrected chi connectivity index (χ2v) is 2.83. The highest BCUT2D eigenvalue weighted by Gasteiger charge is 2.06. The van der Waals surface area contributed by atoms with Gasteiger partial charge in [-0.1, -0.05) is 0 Å². The molecule has 0 atom stereocenters. The van der Waals surface area contributed by atoms with Gasteiger partial charge in [-0.2, -0.15) is 10.5 Å². The van der Waals surface area contributed by atoms with Gasteiger partial charge in [0.15, 0.2) is 0 Å². The van der Waals surface area contributed by atoms with Gasteiger partial charge in [0.1, 0.15) is 6.07 Å². The number of hydrogen-bond donors (Lipinski definition) is 0. The van der Waals surface area contributed by atoms with Crippen LogP contribution in [0.2, 0.25) is 0 Å². The second-order valence-electron chi connectivity index (χ2n) is 2.83. The van der Waals surface area contributed by atoms with Crippen LogP contribution >= 0.6 is 0 Å². The topological polar surface area (TPSA) is 60.5 Å². The molecule has 1 aromatic heterocycles. The first-order valence-corrected chi connectivity index (χ1v) is 3.93. The minimum atomic E-state index is 0.271. The van der Waals surface area contributed by atoms with Crippen LogP contribution in [0.1, 0.15) is 22.5 Å². The molecule has 0 amide bonds. The SMILES string of the molecule is Cc1cc(CC#N)c(C#N)c(C)n1. The van der Waals surface area contributed by atoms with Crippen LogP contribution < -0.4 is 0 Å². The molecule has 64 valence electrons. The first kappa shape index (κ1) is 9.22. The highest BCUT2D eigenvalue weighted by atomic mass is 14.7. The van der Waals surface area contributed by atoms with Crippen LogP contribution in [0, 0.1) is 36.5 Å². The molecule has 1 rings (SSSR count). The van der Waals surface area contributed by atoms with E-state index in [2.05, 4.69) is 11.1 Å². The smallest absolute Gasteiger partial charge is 0.101 e. The molecule has 0 N–H and O–H groups in total. The summed E-state index contributed by atoms with van der Waals surface area (Å²) in [5.74, 6) is 0. The molecular weight excluding hydrogens is 162 g/mol. The lowest BCUT2D eigenvalue weighted by Crippen LogP contribution is -1.97. The number of rotatable bonds is 1. The molecule has 0 fully saturated rings. The van der Waals surface area contributed by atoms with E-state index >= 15 is 0 Å². The summed E-state index contributed by atoms with van der Waals surface area (Å²) in [6.07, 6.45) is 0.271. The van der Waals surface area contributed by atoms with E-state index in [-0.39, 0.29) is 6.42 Å². The van der Waals surface area contributed by atoms with Crippen molar-refractivity contribution in [3.63, 3.8) is 0 Å². The van der Waals surface area contributed by atoms with Crippen molar-refractivity contribution < 1.29 is 0 Å². The van der Waals surface area contributed by atoms with E-state index in [1.165, 1.54) is 0 Å². The number of pyridine rings is 1. The molecule has 1 aromatic rings. The minimum Gasteiger partial charge on any atom is -0.257 e. The van der Waals surface area contributed by atoms with Crippen molar-refractivity contribution in [3.05, 3.63) is 28.6 Å². The molecule has 1 heterocycles. The second kappa shape index (κ2) is 3.69. The Balaban J connectivity index is 3.33. The van der Waals surface area contributed by atoms with Gasteiger partial charge in [0.05, 0.1) is 23.7 Å².